The third-order valence-electron chi connectivity index (χ3n) is 27.4. The second-order valence-corrected chi connectivity index (χ2v) is 46.6. The Labute approximate surface area is 881 Å². The summed E-state index contributed by atoms with van der Waals surface area (Å²) in [6, 6.07) is 57.7. The van der Waals surface area contributed by atoms with Crippen molar-refractivity contribution in [3.63, 3.8) is 0 Å². The molecule has 710 valence electrons. The molecule has 9 nitrogen and oxygen atoms in total. The van der Waals surface area contributed by atoms with E-state index >= 15 is 0 Å². The van der Waals surface area contributed by atoms with Crippen LogP contribution in [0.15, 0.2) is 317 Å². The molecule has 21 heteroatoms. The topological polar surface area (TPSA) is 116 Å². The Kier molecular flexibility index (Phi) is 30.9. The van der Waals surface area contributed by atoms with Crippen molar-refractivity contribution >= 4 is 237 Å². The molecule has 0 atom stereocenters. The van der Waals surface area contributed by atoms with Crippen molar-refractivity contribution in [1.29, 1.82) is 0 Å². The third kappa shape index (κ3) is 20.7. The zero-order chi connectivity index (χ0) is 94.9. The number of nitrogens with zero attached hydrogens (tertiary/aromatic N) is 9. The molecule has 18 aromatic rings. The molecule has 0 fully saturated rings. The minimum absolute atomic E-state index is 0. The van der Waals surface area contributed by atoms with Crippen LogP contribution in [0.4, 0.5) is 0 Å². The van der Waals surface area contributed by atoms with E-state index in [4.69, 9.17) is 17.5 Å². The smallest absolute Gasteiger partial charge is 0.113 e. The van der Waals surface area contributed by atoms with E-state index in [1.54, 1.807) is 23.1 Å². The second kappa shape index (κ2) is 45.4. The molecule has 0 radical (unpaired) electrons. The zero-order valence-electron chi connectivity index (χ0n) is 79.3. The molecule has 12 heterocycles. The minimum Gasteiger partial charge on any atom is -0.192 e. The first-order valence-electron chi connectivity index (χ1n) is 49.6. The van der Waals surface area contributed by atoms with Gasteiger partial charge in [-0.05, 0) is 261 Å². The van der Waals surface area contributed by atoms with Crippen molar-refractivity contribution in [3.8, 4) is 62.6 Å². The van der Waals surface area contributed by atoms with E-state index < -0.39 is 0 Å². The summed E-state index contributed by atoms with van der Waals surface area (Å²) in [6.45, 7) is 9.16. The quantitative estimate of drug-likeness (QED) is 0.0380. The lowest BCUT2D eigenvalue weighted by Crippen LogP contribution is -1.94. The molecule has 0 aliphatic heterocycles. The molecule has 0 N–H and O–H groups in total. The van der Waals surface area contributed by atoms with Gasteiger partial charge in [0.2, 0.25) is 0 Å². The van der Waals surface area contributed by atoms with Gasteiger partial charge in [0, 0.05) is 124 Å². The molecular formula is C121H109N9S12. The van der Waals surface area contributed by atoms with E-state index in [1.807, 2.05) is 74.1 Å². The second-order valence-electron chi connectivity index (χ2n) is 36.7. The lowest BCUT2D eigenvalue weighted by atomic mass is 9.93. The number of aromatic nitrogens is 9. The molecule has 6 bridgehead atoms. The van der Waals surface area contributed by atoms with Gasteiger partial charge in [0.05, 0.1) is 51.7 Å². The minimum atomic E-state index is 0. The van der Waals surface area contributed by atoms with Gasteiger partial charge in [-0.25, -0.2) is 0 Å². The van der Waals surface area contributed by atoms with Crippen molar-refractivity contribution in [2.45, 2.75) is 183 Å². The van der Waals surface area contributed by atoms with E-state index in [9.17, 15) is 0 Å². The van der Waals surface area contributed by atoms with E-state index in [0.717, 1.165) is 100 Å². The summed E-state index contributed by atoms with van der Waals surface area (Å²) >= 11 is 19.9. The number of thiophene rings is 6. The number of unbranched alkanes of at least 4 members (excludes halogenated alkanes) is 12. The maximum atomic E-state index is 4.84. The molecule has 0 spiro atoms. The largest absolute Gasteiger partial charge is 0.192 e. The van der Waals surface area contributed by atoms with Gasteiger partial charge >= 0.3 is 0 Å². The first kappa shape index (κ1) is 96.9. The van der Waals surface area contributed by atoms with Gasteiger partial charge in [0.1, 0.15) is 33.1 Å². The third-order valence-corrected chi connectivity index (χ3v) is 38.2. The summed E-state index contributed by atoms with van der Waals surface area (Å²) in [5.74, 6) is 0. The van der Waals surface area contributed by atoms with Gasteiger partial charge in [-0.1, -0.05) is 313 Å². The van der Waals surface area contributed by atoms with Crippen LogP contribution < -0.4 is 0 Å². The van der Waals surface area contributed by atoms with Gasteiger partial charge in [-0.2, -0.15) is 39.4 Å². The number of rotatable bonds is 32. The lowest BCUT2D eigenvalue weighted by Gasteiger charge is -2.13. The Morgan fingerprint density at radius 3 is 1.08 bits per heavy atom. The van der Waals surface area contributed by atoms with Crippen molar-refractivity contribution < 1.29 is 0 Å². The van der Waals surface area contributed by atoms with Gasteiger partial charge < -0.3 is 0 Å². The monoisotopic (exact) mass is 2070 g/mol. The van der Waals surface area contributed by atoms with Crippen molar-refractivity contribution in [2.75, 3.05) is 0 Å². The number of allylic oxidation sites excluding steroid dienone is 30. The predicted molar refractivity (Wildman–Crippen MR) is 627 cm³/mol. The van der Waals surface area contributed by atoms with Gasteiger partial charge in [0.25, 0.3) is 0 Å². The molecule has 6 aliphatic carbocycles. The van der Waals surface area contributed by atoms with Crippen LogP contribution in [0.3, 0.4) is 0 Å². The SMILES string of the molecule is C.C1=CC2=C(c3ccc(-c4cccc5nsnc45)s3)C=CC=C(C2)C(c2ccc(-c3cccc4csnc34)s2)=C1.CCCCCCc1cc(-c2cccc3csnc23)sc1C1=CC=CC2=C(c3sc(-c4cccc5nsnc45)cc3CCCCCC)C=CC=C1C2.CCCCCCc1cc(C2=CC=CC3=C(c4cc(CCCCCC)c(-c5cccc6nsnc56)s4)C=CC=C2C3)sc1-c1cccc2csnc12. The summed E-state index contributed by atoms with van der Waals surface area (Å²) in [5, 5.41) is 10.1. The van der Waals surface area contributed by atoms with Crippen molar-refractivity contribution in [3.05, 3.63) is 368 Å². The summed E-state index contributed by atoms with van der Waals surface area (Å²) in [6.07, 6.45) is 68.9. The molecule has 24 rings (SSSR count). The maximum Gasteiger partial charge on any atom is 0.113 e. The van der Waals surface area contributed by atoms with Crippen LogP contribution in [0.5, 0.6) is 0 Å². The molecule has 12 aromatic heterocycles. The Morgan fingerprint density at radius 2 is 0.577 bits per heavy atom. The average molecular weight is 2070 g/mol. The predicted octanol–water partition coefficient (Wildman–Crippen LogP) is 39.3. The van der Waals surface area contributed by atoms with Crippen molar-refractivity contribution in [1.82, 2.24) is 39.4 Å². The van der Waals surface area contributed by atoms with Crippen LogP contribution in [0.1, 0.15) is 209 Å². The molecule has 0 saturated carbocycles. The average Bonchev–Trinajstić information content (AvgIpc) is 1.63. The highest BCUT2D eigenvalue weighted by molar-refractivity contribution is 7.19. The molecule has 0 unspecified atom stereocenters. The Bertz CT molecular complexity index is 8230. The van der Waals surface area contributed by atoms with Crippen LogP contribution in [0, 0.1) is 0 Å². The molecule has 0 saturated heterocycles. The molecular weight excluding hydrogens is 1960 g/mol. The fraction of sp³-hybridized carbons (Fsp3) is 0.231. The van der Waals surface area contributed by atoms with E-state index in [1.165, 1.54) is 341 Å². The number of benzene rings is 6. The Balaban J connectivity index is 0.000000127. The first-order chi connectivity index (χ1) is 69.7. The fourth-order valence-corrected chi connectivity index (χ4v) is 31.1. The molecule has 6 aliphatic rings. The fourth-order valence-electron chi connectivity index (χ4n) is 20.1. The highest BCUT2D eigenvalue weighted by Crippen LogP contribution is 2.52. The van der Waals surface area contributed by atoms with Gasteiger partial charge in [0.15, 0.2) is 0 Å². The van der Waals surface area contributed by atoms with Crippen LogP contribution in [0.25, 0.3) is 162 Å². The van der Waals surface area contributed by atoms with E-state index in [2.05, 4.69) is 327 Å². The van der Waals surface area contributed by atoms with Crippen molar-refractivity contribution in [2.24, 2.45) is 0 Å². The summed E-state index contributed by atoms with van der Waals surface area (Å²) in [4.78, 5) is 15.9. The summed E-state index contributed by atoms with van der Waals surface area (Å²) < 4.78 is 41.8. The maximum absolute atomic E-state index is 4.84. The van der Waals surface area contributed by atoms with Gasteiger partial charge in [-0.3, -0.25) is 0 Å². The molecule has 142 heavy (non-hydrogen) atoms. The van der Waals surface area contributed by atoms with Crippen LogP contribution in [-0.2, 0) is 25.7 Å². The highest BCUT2D eigenvalue weighted by Gasteiger charge is 2.29. The number of fused-ring (bicyclic) bond motifs is 12. The number of aryl methyl sites for hydroxylation is 4. The highest BCUT2D eigenvalue weighted by atomic mass is 32.2. The normalized spacial score (nSPS) is 14.5. The van der Waals surface area contributed by atoms with E-state index in [0.29, 0.717) is 0 Å². The lowest BCUT2D eigenvalue weighted by molar-refractivity contribution is 0.667. The van der Waals surface area contributed by atoms with Crippen LogP contribution >= 0.6 is 138 Å². The number of hydrogen-bond donors (Lipinski definition) is 0. The van der Waals surface area contributed by atoms with Crippen LogP contribution in [0.2, 0.25) is 0 Å². The van der Waals surface area contributed by atoms with Crippen LogP contribution in [-0.4, -0.2) is 39.4 Å². The Hall–Kier alpha value is -11.3. The van der Waals surface area contributed by atoms with Gasteiger partial charge in [-0.15, -0.1) is 68.0 Å². The Morgan fingerprint density at radius 1 is 0.246 bits per heavy atom. The zero-order valence-corrected chi connectivity index (χ0v) is 89.1. The van der Waals surface area contributed by atoms with E-state index in [-0.39, 0.29) is 7.43 Å². The molecule has 0 amide bonds. The molecule has 6 aromatic carbocycles. The summed E-state index contributed by atoms with van der Waals surface area (Å²) in [5.41, 5.74) is 38.7. The summed E-state index contributed by atoms with van der Waals surface area (Å²) in [7, 11) is 0. The standard InChI is InChI=1S/2C44H43N3S4.C32H19N3S4.CH4/c1-3-5-7-9-15-31-26-39(36-22-13-19-33-28-48-46-41(33)36)49-43(31)34-20-11-18-30-25-29(34)17-12-21-35(30)44-32(16-10-8-6-4-2)27-40(50-44)37-23-14-24-38-42(37)47-51-45-38;1-3-5-7-9-15-31-26-39(49-43(31)36-22-13-19-33-28-48-46-41(33)36)34-20-11-18-30-25-29(34)17-12-21-35(30)40-27-32(16-10-8-6-4-2)44(50-40)37-23-14-24-38-42(37)47-51-45-38;1-6-20-17-19(22(8-1)27-13-15-29(37-27)24-10-3-7-21-18-36-34-31(21)24)5-2-9-23(20)28-14-16-30(38-28)25-11-4-12-26-32(25)35-39-33-26;/h2*11-14,17-24,26-28H,3-10,15-16,25H2,1-2H3;1-16,18H,17H2;1H4. The first-order valence-corrected chi connectivity index (χ1v) is 59.2. The number of hydrogen-bond acceptors (Lipinski definition) is 21.